The summed E-state index contributed by atoms with van der Waals surface area (Å²) in [5, 5.41) is 16.7. The number of benzene rings is 3. The van der Waals surface area contributed by atoms with Crippen molar-refractivity contribution in [1.82, 2.24) is 9.66 Å². The summed E-state index contributed by atoms with van der Waals surface area (Å²) in [7, 11) is 0. The number of hydrogen-bond acceptors (Lipinski definition) is 7. The van der Waals surface area contributed by atoms with Crippen LogP contribution in [0.15, 0.2) is 69.0 Å². The monoisotopic (exact) mass is 582 g/mol. The van der Waals surface area contributed by atoms with E-state index >= 15 is 0 Å². The summed E-state index contributed by atoms with van der Waals surface area (Å²) in [5.41, 5.74) is 0.325. The van der Waals surface area contributed by atoms with E-state index in [9.17, 15) is 19.3 Å². The van der Waals surface area contributed by atoms with Crippen LogP contribution in [0.2, 0.25) is 0 Å². The van der Waals surface area contributed by atoms with Crippen LogP contribution in [0.25, 0.3) is 10.9 Å². The van der Waals surface area contributed by atoms with Gasteiger partial charge >= 0.3 is 5.69 Å². The van der Waals surface area contributed by atoms with Crippen molar-refractivity contribution in [3.8, 4) is 11.5 Å². The van der Waals surface area contributed by atoms with Crippen LogP contribution in [0, 0.1) is 15.9 Å². The molecular weight excluding hydrogens is 559 g/mol. The molecule has 1 aromatic heterocycles. The molecule has 0 saturated carbocycles. The molecular formula is C27H24BrFN4O5. The fraction of sp³-hybridized carbons (Fsp3) is 0.222. The van der Waals surface area contributed by atoms with E-state index in [0.29, 0.717) is 22.3 Å². The SMILES string of the molecule is CCOc1cc(C=Nn2c(C(C)C)nc3ccc(Br)cc3c2=O)cc([N+](=O)[O-])c1OCc1ccccc1F. The number of ether oxygens (including phenoxy) is 2. The topological polar surface area (TPSA) is 109 Å². The van der Waals surface area contributed by atoms with Crippen molar-refractivity contribution in [3.05, 3.63) is 102 Å². The lowest BCUT2D eigenvalue weighted by Crippen LogP contribution is -2.23. The van der Waals surface area contributed by atoms with Crippen molar-refractivity contribution in [1.29, 1.82) is 0 Å². The average Bonchev–Trinajstić information content (AvgIpc) is 2.88. The number of nitro benzene ring substituents is 1. The van der Waals surface area contributed by atoms with Gasteiger partial charge in [0.1, 0.15) is 18.2 Å². The van der Waals surface area contributed by atoms with Gasteiger partial charge in [-0.1, -0.05) is 48.0 Å². The maximum absolute atomic E-state index is 14.1. The molecule has 0 N–H and O–H groups in total. The van der Waals surface area contributed by atoms with Crippen molar-refractivity contribution in [2.24, 2.45) is 5.10 Å². The molecule has 11 heteroatoms. The van der Waals surface area contributed by atoms with Crippen LogP contribution in [0.5, 0.6) is 11.5 Å². The normalized spacial score (nSPS) is 11.4. The summed E-state index contributed by atoms with van der Waals surface area (Å²) in [4.78, 5) is 29.2. The van der Waals surface area contributed by atoms with E-state index in [2.05, 4.69) is 26.0 Å². The van der Waals surface area contributed by atoms with Gasteiger partial charge in [-0.3, -0.25) is 14.9 Å². The van der Waals surface area contributed by atoms with E-state index in [4.69, 9.17) is 9.47 Å². The minimum absolute atomic E-state index is 0.0940. The molecule has 1 heterocycles. The molecule has 0 aliphatic heterocycles. The maximum atomic E-state index is 14.1. The third kappa shape index (κ3) is 5.72. The molecule has 0 aliphatic carbocycles. The Morgan fingerprint density at radius 1 is 1.18 bits per heavy atom. The summed E-state index contributed by atoms with van der Waals surface area (Å²) < 4.78 is 27.3. The van der Waals surface area contributed by atoms with Gasteiger partial charge in [0, 0.05) is 27.6 Å². The first-order valence-corrected chi connectivity index (χ1v) is 12.6. The molecule has 0 bridgehead atoms. The Bertz CT molecular complexity index is 1600. The van der Waals surface area contributed by atoms with Gasteiger partial charge in [0.2, 0.25) is 5.75 Å². The van der Waals surface area contributed by atoms with Crippen molar-refractivity contribution >= 4 is 38.7 Å². The number of fused-ring (bicyclic) bond motifs is 1. The van der Waals surface area contributed by atoms with Crippen molar-refractivity contribution in [2.45, 2.75) is 33.3 Å². The number of halogens is 2. The van der Waals surface area contributed by atoms with Gasteiger partial charge < -0.3 is 9.47 Å². The Labute approximate surface area is 225 Å². The molecule has 38 heavy (non-hydrogen) atoms. The second-order valence-corrected chi connectivity index (χ2v) is 9.50. The van der Waals surface area contributed by atoms with Gasteiger partial charge in [-0.05, 0) is 37.3 Å². The average molecular weight is 583 g/mol. The molecule has 9 nitrogen and oxygen atoms in total. The Morgan fingerprint density at radius 3 is 2.63 bits per heavy atom. The number of nitro groups is 1. The van der Waals surface area contributed by atoms with Gasteiger partial charge in [-0.2, -0.15) is 9.78 Å². The molecule has 0 radical (unpaired) electrons. The highest BCUT2D eigenvalue weighted by molar-refractivity contribution is 9.10. The van der Waals surface area contributed by atoms with Crippen LogP contribution in [0.4, 0.5) is 10.1 Å². The smallest absolute Gasteiger partial charge is 0.315 e. The highest BCUT2D eigenvalue weighted by Crippen LogP contribution is 2.39. The minimum Gasteiger partial charge on any atom is -0.490 e. The Kier molecular flexibility index (Phi) is 8.16. The van der Waals surface area contributed by atoms with Crippen LogP contribution in [-0.2, 0) is 6.61 Å². The highest BCUT2D eigenvalue weighted by Gasteiger charge is 2.23. The first-order chi connectivity index (χ1) is 18.2. The fourth-order valence-electron chi connectivity index (χ4n) is 3.77. The van der Waals surface area contributed by atoms with Gasteiger partial charge in [-0.15, -0.1) is 0 Å². The van der Waals surface area contributed by atoms with E-state index in [1.165, 1.54) is 35.2 Å². The molecule has 196 valence electrons. The predicted molar refractivity (Wildman–Crippen MR) is 146 cm³/mol. The van der Waals surface area contributed by atoms with Gasteiger partial charge in [0.15, 0.2) is 5.75 Å². The quantitative estimate of drug-likeness (QED) is 0.132. The molecule has 4 aromatic rings. The second kappa shape index (κ2) is 11.5. The zero-order chi connectivity index (χ0) is 27.4. The highest BCUT2D eigenvalue weighted by atomic mass is 79.9. The number of hydrogen-bond donors (Lipinski definition) is 0. The summed E-state index contributed by atoms with van der Waals surface area (Å²) >= 11 is 3.37. The zero-order valence-corrected chi connectivity index (χ0v) is 22.4. The standard InChI is InChI=1S/C27H24BrFN4O5/c1-4-37-24-12-17(11-23(33(35)36)25(24)38-15-18-7-5-6-8-21(18)29)14-30-32-26(16(2)3)31-22-10-9-19(28)13-20(22)27(32)34/h5-14,16H,4,15H2,1-3H3. The largest absolute Gasteiger partial charge is 0.490 e. The molecule has 0 atom stereocenters. The molecule has 0 spiro atoms. The lowest BCUT2D eigenvalue weighted by Gasteiger charge is -2.14. The minimum atomic E-state index is -0.614. The molecule has 0 amide bonds. The van der Waals surface area contributed by atoms with E-state index in [0.717, 1.165) is 4.47 Å². The number of rotatable bonds is 9. The van der Waals surface area contributed by atoms with Crippen molar-refractivity contribution < 1.29 is 18.8 Å². The van der Waals surface area contributed by atoms with E-state index < -0.39 is 10.7 Å². The number of nitrogens with zero attached hydrogens (tertiary/aromatic N) is 4. The Morgan fingerprint density at radius 2 is 1.95 bits per heavy atom. The van der Waals surface area contributed by atoms with Crippen LogP contribution in [0.3, 0.4) is 0 Å². The summed E-state index contributed by atoms with van der Waals surface area (Å²) in [6.07, 6.45) is 1.33. The van der Waals surface area contributed by atoms with Crippen LogP contribution >= 0.6 is 15.9 Å². The molecule has 0 saturated heterocycles. The molecule has 0 fully saturated rings. The molecule has 3 aromatic carbocycles. The van der Waals surface area contributed by atoms with E-state index in [1.54, 1.807) is 37.3 Å². The molecule has 0 aliphatic rings. The first-order valence-electron chi connectivity index (χ1n) is 11.8. The van der Waals surface area contributed by atoms with Crippen molar-refractivity contribution in [3.63, 3.8) is 0 Å². The Balaban J connectivity index is 1.78. The lowest BCUT2D eigenvalue weighted by atomic mass is 10.1. The van der Waals surface area contributed by atoms with Crippen LogP contribution in [-0.4, -0.2) is 27.4 Å². The summed E-state index contributed by atoms with van der Waals surface area (Å²) in [6, 6.07) is 14.0. The van der Waals surface area contributed by atoms with Crippen LogP contribution in [0.1, 0.15) is 43.6 Å². The van der Waals surface area contributed by atoms with Gasteiger partial charge in [0.25, 0.3) is 5.56 Å². The second-order valence-electron chi connectivity index (χ2n) is 8.59. The van der Waals surface area contributed by atoms with E-state index in [1.807, 2.05) is 13.8 Å². The predicted octanol–water partition coefficient (Wildman–Crippen LogP) is 6.19. The first kappa shape index (κ1) is 26.9. The summed E-state index contributed by atoms with van der Waals surface area (Å²) in [5.74, 6) is -0.217. The van der Waals surface area contributed by atoms with Crippen molar-refractivity contribution in [2.75, 3.05) is 6.61 Å². The van der Waals surface area contributed by atoms with E-state index in [-0.39, 0.29) is 47.4 Å². The van der Waals surface area contributed by atoms with Gasteiger partial charge in [0.05, 0.1) is 28.6 Å². The van der Waals surface area contributed by atoms with Crippen LogP contribution < -0.4 is 15.0 Å². The third-order valence-corrected chi connectivity index (χ3v) is 6.05. The molecule has 4 rings (SSSR count). The lowest BCUT2D eigenvalue weighted by molar-refractivity contribution is -0.386. The number of aromatic nitrogens is 2. The van der Waals surface area contributed by atoms with Gasteiger partial charge in [-0.25, -0.2) is 9.37 Å². The Hall–Kier alpha value is -4.12. The zero-order valence-electron chi connectivity index (χ0n) is 20.9. The third-order valence-electron chi connectivity index (χ3n) is 5.56. The summed E-state index contributed by atoms with van der Waals surface area (Å²) in [6.45, 7) is 5.47. The maximum Gasteiger partial charge on any atom is 0.315 e. The molecule has 0 unspecified atom stereocenters. The fourth-order valence-corrected chi connectivity index (χ4v) is 4.13.